The van der Waals surface area contributed by atoms with E-state index in [1.165, 1.54) is 32.1 Å². The summed E-state index contributed by atoms with van der Waals surface area (Å²) in [6.07, 6.45) is 13.0. The molecule has 2 aliphatic rings. The highest BCUT2D eigenvalue weighted by molar-refractivity contribution is 5.75. The molecule has 1 unspecified atom stereocenters. The summed E-state index contributed by atoms with van der Waals surface area (Å²) in [6.45, 7) is 3.72. The van der Waals surface area contributed by atoms with Crippen molar-refractivity contribution in [3.63, 3.8) is 0 Å². The molecule has 1 saturated carbocycles. The molecule has 2 rings (SSSR count). The Balaban J connectivity index is 1.37. The largest absolute Gasteiger partial charge is 0.356 e. The molecule has 0 aromatic carbocycles. The molecule has 1 heterocycles. The van der Waals surface area contributed by atoms with Gasteiger partial charge in [0, 0.05) is 25.6 Å². The number of amides is 3. The number of carbonyl (C=O) groups excluding carboxylic acids is 2. The molecule has 1 aliphatic carbocycles. The lowest BCUT2D eigenvalue weighted by Gasteiger charge is -2.22. The van der Waals surface area contributed by atoms with Crippen molar-refractivity contribution in [3.8, 4) is 0 Å². The molecule has 0 radical (unpaired) electrons. The molecule has 3 amide bonds. The lowest BCUT2D eigenvalue weighted by molar-refractivity contribution is -0.121. The Hall–Kier alpha value is -1.30. The van der Waals surface area contributed by atoms with Crippen LogP contribution in [0.3, 0.4) is 0 Å². The van der Waals surface area contributed by atoms with E-state index in [0.29, 0.717) is 19.0 Å². The van der Waals surface area contributed by atoms with Crippen LogP contribution in [-0.2, 0) is 4.79 Å². The molecular formula is C20H38N4O2. The fourth-order valence-electron chi connectivity index (χ4n) is 3.95. The van der Waals surface area contributed by atoms with Crippen LogP contribution in [0.2, 0.25) is 0 Å². The van der Waals surface area contributed by atoms with Crippen molar-refractivity contribution in [2.45, 2.75) is 83.1 Å². The average Bonchev–Trinajstić information content (AvgIpc) is 2.66. The molecule has 1 aliphatic heterocycles. The van der Waals surface area contributed by atoms with Crippen LogP contribution in [-0.4, -0.2) is 44.2 Å². The maximum absolute atomic E-state index is 11.8. The first-order valence-electron chi connectivity index (χ1n) is 10.8. The van der Waals surface area contributed by atoms with Gasteiger partial charge in [0.1, 0.15) is 0 Å². The van der Waals surface area contributed by atoms with E-state index in [2.05, 4.69) is 21.3 Å². The third-order valence-corrected chi connectivity index (χ3v) is 5.58. The minimum Gasteiger partial charge on any atom is -0.356 e. The second-order valence-corrected chi connectivity index (χ2v) is 7.90. The van der Waals surface area contributed by atoms with Crippen LogP contribution in [0.4, 0.5) is 4.79 Å². The maximum Gasteiger partial charge on any atom is 0.315 e. The molecule has 2 fully saturated rings. The van der Waals surface area contributed by atoms with Crippen molar-refractivity contribution in [2.24, 2.45) is 5.92 Å². The van der Waals surface area contributed by atoms with Gasteiger partial charge in [0.2, 0.25) is 5.91 Å². The predicted molar refractivity (Wildman–Crippen MR) is 105 cm³/mol. The van der Waals surface area contributed by atoms with Crippen molar-refractivity contribution in [1.82, 2.24) is 21.3 Å². The first-order chi connectivity index (χ1) is 12.7. The van der Waals surface area contributed by atoms with Crippen molar-refractivity contribution >= 4 is 11.9 Å². The van der Waals surface area contributed by atoms with E-state index in [1.807, 2.05) is 0 Å². The lowest BCUT2D eigenvalue weighted by Crippen LogP contribution is -2.43. The molecule has 0 bridgehead atoms. The summed E-state index contributed by atoms with van der Waals surface area (Å²) in [7, 11) is 0. The van der Waals surface area contributed by atoms with Gasteiger partial charge in [-0.15, -0.1) is 0 Å². The molecule has 6 heteroatoms. The quantitative estimate of drug-likeness (QED) is 0.449. The van der Waals surface area contributed by atoms with Crippen LogP contribution in [0.25, 0.3) is 0 Å². The van der Waals surface area contributed by atoms with Crippen LogP contribution >= 0.6 is 0 Å². The van der Waals surface area contributed by atoms with Gasteiger partial charge in [-0.3, -0.25) is 4.79 Å². The molecule has 0 aromatic rings. The van der Waals surface area contributed by atoms with Crippen molar-refractivity contribution in [1.29, 1.82) is 0 Å². The van der Waals surface area contributed by atoms with E-state index in [-0.39, 0.29) is 11.9 Å². The molecule has 26 heavy (non-hydrogen) atoms. The number of hydrogen-bond donors (Lipinski definition) is 4. The molecular weight excluding hydrogens is 328 g/mol. The fourth-order valence-corrected chi connectivity index (χ4v) is 3.95. The van der Waals surface area contributed by atoms with E-state index < -0.39 is 0 Å². The summed E-state index contributed by atoms with van der Waals surface area (Å²) in [5, 5.41) is 12.4. The first-order valence-corrected chi connectivity index (χ1v) is 10.8. The highest BCUT2D eigenvalue weighted by atomic mass is 16.2. The SMILES string of the molecule is O=C(CCCCCNC(=O)NC1CCCCC1)NCCC1CCCNC1. The molecule has 150 valence electrons. The van der Waals surface area contributed by atoms with Crippen molar-refractivity contribution in [3.05, 3.63) is 0 Å². The highest BCUT2D eigenvalue weighted by Gasteiger charge is 2.15. The summed E-state index contributed by atoms with van der Waals surface area (Å²) >= 11 is 0. The highest BCUT2D eigenvalue weighted by Crippen LogP contribution is 2.17. The Kier molecular flexibility index (Phi) is 10.5. The van der Waals surface area contributed by atoms with Crippen LogP contribution in [0.5, 0.6) is 0 Å². The number of unbranched alkanes of at least 4 members (excludes halogenated alkanes) is 2. The molecule has 0 aromatic heterocycles. The van der Waals surface area contributed by atoms with Gasteiger partial charge in [-0.05, 0) is 64.0 Å². The van der Waals surface area contributed by atoms with E-state index in [9.17, 15) is 9.59 Å². The Morgan fingerprint density at radius 3 is 2.50 bits per heavy atom. The maximum atomic E-state index is 11.8. The minimum atomic E-state index is -0.0353. The summed E-state index contributed by atoms with van der Waals surface area (Å²) < 4.78 is 0. The second kappa shape index (κ2) is 13.0. The monoisotopic (exact) mass is 366 g/mol. The van der Waals surface area contributed by atoms with E-state index in [4.69, 9.17) is 0 Å². The van der Waals surface area contributed by atoms with Gasteiger partial charge in [0.05, 0.1) is 0 Å². The Labute approximate surface area is 158 Å². The zero-order valence-corrected chi connectivity index (χ0v) is 16.3. The number of piperidine rings is 1. The molecule has 1 atom stereocenters. The second-order valence-electron chi connectivity index (χ2n) is 7.90. The van der Waals surface area contributed by atoms with Gasteiger partial charge in [-0.25, -0.2) is 4.79 Å². The standard InChI is InChI=1S/C20H38N4O2/c25-19(22-15-12-17-8-7-13-21-16-17)11-5-2-6-14-23-20(26)24-18-9-3-1-4-10-18/h17-18,21H,1-16H2,(H,22,25)(H2,23,24,26). The lowest BCUT2D eigenvalue weighted by atomic mass is 9.96. The Morgan fingerprint density at radius 1 is 0.885 bits per heavy atom. The summed E-state index contributed by atoms with van der Waals surface area (Å²) in [5.41, 5.74) is 0. The predicted octanol–water partition coefficient (Wildman–Crippen LogP) is 2.68. The van der Waals surface area contributed by atoms with Gasteiger partial charge in [-0.1, -0.05) is 25.7 Å². The van der Waals surface area contributed by atoms with Gasteiger partial charge < -0.3 is 21.3 Å². The Morgan fingerprint density at radius 2 is 1.73 bits per heavy atom. The van der Waals surface area contributed by atoms with E-state index in [0.717, 1.165) is 64.1 Å². The van der Waals surface area contributed by atoms with Gasteiger partial charge in [0.15, 0.2) is 0 Å². The van der Waals surface area contributed by atoms with Gasteiger partial charge >= 0.3 is 6.03 Å². The van der Waals surface area contributed by atoms with Gasteiger partial charge in [-0.2, -0.15) is 0 Å². The first kappa shape index (κ1) is 21.0. The number of rotatable bonds is 10. The van der Waals surface area contributed by atoms with Gasteiger partial charge in [0.25, 0.3) is 0 Å². The number of hydrogen-bond acceptors (Lipinski definition) is 3. The van der Waals surface area contributed by atoms with Crippen LogP contribution in [0, 0.1) is 5.92 Å². The zero-order chi connectivity index (χ0) is 18.5. The summed E-state index contributed by atoms with van der Waals surface area (Å²) in [4.78, 5) is 23.7. The van der Waals surface area contributed by atoms with E-state index >= 15 is 0 Å². The minimum absolute atomic E-state index is 0.0353. The van der Waals surface area contributed by atoms with Crippen molar-refractivity contribution in [2.75, 3.05) is 26.2 Å². The molecule has 4 N–H and O–H groups in total. The number of nitrogens with one attached hydrogen (secondary N) is 4. The summed E-state index contributed by atoms with van der Waals surface area (Å²) in [5.74, 6) is 0.881. The van der Waals surface area contributed by atoms with Crippen LogP contribution in [0.1, 0.15) is 77.0 Å². The fraction of sp³-hybridized carbons (Fsp3) is 0.900. The number of carbonyl (C=O) groups is 2. The van der Waals surface area contributed by atoms with Crippen LogP contribution in [0.15, 0.2) is 0 Å². The smallest absolute Gasteiger partial charge is 0.315 e. The third kappa shape index (κ3) is 9.41. The zero-order valence-electron chi connectivity index (χ0n) is 16.3. The summed E-state index contributed by atoms with van der Waals surface area (Å²) in [6, 6.07) is 0.323. The average molecular weight is 367 g/mol. The topological polar surface area (TPSA) is 82.3 Å². The van der Waals surface area contributed by atoms with E-state index in [1.54, 1.807) is 0 Å². The Bertz CT molecular complexity index is 405. The third-order valence-electron chi connectivity index (χ3n) is 5.58. The number of urea groups is 1. The molecule has 1 saturated heterocycles. The molecule has 0 spiro atoms. The van der Waals surface area contributed by atoms with Crippen LogP contribution < -0.4 is 21.3 Å². The normalized spacial score (nSPS) is 21.2. The molecule has 6 nitrogen and oxygen atoms in total. The van der Waals surface area contributed by atoms with Crippen molar-refractivity contribution < 1.29 is 9.59 Å².